The summed E-state index contributed by atoms with van der Waals surface area (Å²) in [5.41, 5.74) is 0. The molecule has 1 aliphatic rings. The Morgan fingerprint density at radius 3 is 1.50 bits per heavy atom. The Kier molecular flexibility index (Phi) is 15.8. The molecule has 10 heavy (non-hydrogen) atoms. The molecular weight excluding hydrogens is 143 g/mol. The number of rotatable bonds is 0. The Hall–Kier alpha value is 0.390. The van der Waals surface area contributed by atoms with Crippen LogP contribution in [0.5, 0.6) is 0 Å². The number of carboxylic acid groups (broad SMARTS) is 1. The summed E-state index contributed by atoms with van der Waals surface area (Å²) in [6.07, 6.45) is 0. The maximum absolute atomic E-state index is 8.36. The van der Waals surface area contributed by atoms with E-state index in [9.17, 15) is 0 Å². The summed E-state index contributed by atoms with van der Waals surface area (Å²) in [5.74, 6) is 0. The molecule has 0 aromatic carbocycles. The second-order valence-corrected chi connectivity index (χ2v) is 1.61. The molecule has 0 aromatic rings. The molecule has 1 aliphatic heterocycles. The first-order chi connectivity index (χ1) is 4.41. The van der Waals surface area contributed by atoms with Crippen LogP contribution >= 0.6 is 0 Å². The smallest absolute Gasteiger partial charge is 1.00 e. The van der Waals surface area contributed by atoms with Gasteiger partial charge in [-0.15, -0.1) is 0 Å². The molecule has 0 radical (unpaired) electrons. The molecule has 0 saturated carbocycles. The van der Waals surface area contributed by atoms with Crippen LogP contribution in [0.15, 0.2) is 0 Å². The molecule has 1 rings (SSSR count). The van der Waals surface area contributed by atoms with Crippen molar-refractivity contribution >= 4 is 6.47 Å². The zero-order valence-electron chi connectivity index (χ0n) is 7.26. The van der Waals surface area contributed by atoms with E-state index in [4.69, 9.17) is 9.90 Å². The Morgan fingerprint density at radius 2 is 1.40 bits per heavy atom. The van der Waals surface area contributed by atoms with E-state index in [0.29, 0.717) is 0 Å². The molecule has 3 N–H and O–H groups in total. The molecule has 1 saturated heterocycles. The van der Waals surface area contributed by atoms with E-state index in [1.165, 1.54) is 0 Å². The van der Waals surface area contributed by atoms with Gasteiger partial charge in [-0.1, -0.05) is 0 Å². The summed E-state index contributed by atoms with van der Waals surface area (Å²) in [6, 6.07) is 0. The van der Waals surface area contributed by atoms with Crippen molar-refractivity contribution in [1.82, 2.24) is 10.6 Å². The van der Waals surface area contributed by atoms with Gasteiger partial charge in [-0.05, 0) is 0 Å². The van der Waals surface area contributed by atoms with Crippen LogP contribution in [0.2, 0.25) is 0 Å². The Balaban J connectivity index is -0.000000116. The first-order valence-corrected chi connectivity index (χ1v) is 2.91. The van der Waals surface area contributed by atoms with Gasteiger partial charge in [-0.2, -0.15) is 0 Å². The van der Waals surface area contributed by atoms with Crippen LogP contribution in [0.3, 0.4) is 0 Å². The Bertz CT molecular complexity index is 62.0. The summed E-state index contributed by atoms with van der Waals surface area (Å²) < 4.78 is 0. The van der Waals surface area contributed by atoms with Crippen LogP contribution in [0, 0.1) is 0 Å². The van der Waals surface area contributed by atoms with Crippen molar-refractivity contribution in [2.24, 2.45) is 0 Å². The van der Waals surface area contributed by atoms with E-state index in [2.05, 4.69) is 10.6 Å². The van der Waals surface area contributed by atoms with E-state index in [0.717, 1.165) is 26.2 Å². The minimum Gasteiger partial charge on any atom is -1.00 e. The van der Waals surface area contributed by atoms with Crippen molar-refractivity contribution in [2.45, 2.75) is 0 Å². The molecule has 0 unspecified atom stereocenters. The van der Waals surface area contributed by atoms with Gasteiger partial charge in [0.1, 0.15) is 0 Å². The molecule has 0 aliphatic carbocycles. The van der Waals surface area contributed by atoms with Crippen molar-refractivity contribution in [2.75, 3.05) is 26.2 Å². The molecule has 56 valence electrons. The maximum atomic E-state index is 8.36. The van der Waals surface area contributed by atoms with E-state index >= 15 is 0 Å². The third-order valence-corrected chi connectivity index (χ3v) is 0.957. The second kappa shape index (κ2) is 12.1. The van der Waals surface area contributed by atoms with E-state index in [-0.39, 0.29) is 37.5 Å². The summed E-state index contributed by atoms with van der Waals surface area (Å²) in [4.78, 5) is 8.36. The SMILES string of the molecule is C1CNCCN1.O=CO.[H-].[Na+]. The fourth-order valence-electron chi connectivity index (χ4n) is 0.604. The van der Waals surface area contributed by atoms with E-state index < -0.39 is 0 Å². The van der Waals surface area contributed by atoms with Crippen LogP contribution in [0.4, 0.5) is 0 Å². The third-order valence-electron chi connectivity index (χ3n) is 0.957. The van der Waals surface area contributed by atoms with Crippen LogP contribution in [-0.2, 0) is 4.79 Å². The molecule has 1 heterocycles. The van der Waals surface area contributed by atoms with Gasteiger partial charge < -0.3 is 17.2 Å². The van der Waals surface area contributed by atoms with Crippen molar-refractivity contribution in [1.29, 1.82) is 0 Å². The minimum atomic E-state index is -0.250. The zero-order chi connectivity index (χ0) is 6.95. The molecule has 0 spiro atoms. The maximum Gasteiger partial charge on any atom is 1.00 e. The van der Waals surface area contributed by atoms with Gasteiger partial charge in [0.25, 0.3) is 6.47 Å². The van der Waals surface area contributed by atoms with Crippen LogP contribution < -0.4 is 40.2 Å². The third kappa shape index (κ3) is 11.2. The number of hydrogen-bond donors (Lipinski definition) is 3. The van der Waals surface area contributed by atoms with Crippen LogP contribution in [-0.4, -0.2) is 37.8 Å². The Morgan fingerprint density at radius 1 is 1.20 bits per heavy atom. The molecule has 0 atom stereocenters. The standard InChI is InChI=1S/C4H10N2.CH2O2.Na.H/c1-2-6-4-3-5-1;2-1-3;;/h5-6H,1-4H2;1H,(H,2,3);;/q;;+1;-1. The molecule has 1 fully saturated rings. The quantitative estimate of drug-likeness (QED) is 0.247. The molecule has 0 bridgehead atoms. The zero-order valence-corrected chi connectivity index (χ0v) is 8.26. The van der Waals surface area contributed by atoms with E-state index in [1.54, 1.807) is 0 Å². The molecule has 0 aromatic heterocycles. The summed E-state index contributed by atoms with van der Waals surface area (Å²) in [7, 11) is 0. The van der Waals surface area contributed by atoms with Gasteiger partial charge in [-0.3, -0.25) is 4.79 Å². The predicted molar refractivity (Wildman–Crippen MR) is 35.5 cm³/mol. The number of carbonyl (C=O) groups is 1. The summed E-state index contributed by atoms with van der Waals surface area (Å²) >= 11 is 0. The normalized spacial score (nSPS) is 15.6. The molecule has 4 nitrogen and oxygen atoms in total. The molecule has 5 heteroatoms. The second-order valence-electron chi connectivity index (χ2n) is 1.61. The van der Waals surface area contributed by atoms with Crippen LogP contribution in [0.25, 0.3) is 0 Å². The average molecular weight is 156 g/mol. The largest absolute Gasteiger partial charge is 1.00 e. The topological polar surface area (TPSA) is 61.4 Å². The van der Waals surface area contributed by atoms with Gasteiger partial charge in [0.2, 0.25) is 0 Å². The van der Waals surface area contributed by atoms with Gasteiger partial charge >= 0.3 is 29.6 Å². The van der Waals surface area contributed by atoms with Gasteiger partial charge in [0, 0.05) is 26.2 Å². The fraction of sp³-hybridized carbons (Fsp3) is 0.800. The fourth-order valence-corrected chi connectivity index (χ4v) is 0.604. The van der Waals surface area contributed by atoms with Crippen molar-refractivity contribution < 1.29 is 40.9 Å². The monoisotopic (exact) mass is 156 g/mol. The minimum absolute atomic E-state index is 0. The van der Waals surface area contributed by atoms with Crippen molar-refractivity contribution in [3.63, 3.8) is 0 Å². The number of hydrogen-bond acceptors (Lipinski definition) is 3. The predicted octanol–water partition coefficient (Wildman–Crippen LogP) is -4.00. The van der Waals surface area contributed by atoms with Crippen molar-refractivity contribution in [3.8, 4) is 0 Å². The summed E-state index contributed by atoms with van der Waals surface area (Å²) in [5, 5.41) is 13.3. The Labute approximate surface area is 84.2 Å². The van der Waals surface area contributed by atoms with Crippen LogP contribution in [0.1, 0.15) is 1.43 Å². The average Bonchev–Trinajstić information content (AvgIpc) is 1.93. The molecular formula is C5H13N2NaO2. The number of piperazine rings is 1. The first kappa shape index (κ1) is 13.0. The van der Waals surface area contributed by atoms with Crippen molar-refractivity contribution in [3.05, 3.63) is 0 Å². The first-order valence-electron chi connectivity index (χ1n) is 2.91. The van der Waals surface area contributed by atoms with Gasteiger partial charge in [0.15, 0.2) is 0 Å². The van der Waals surface area contributed by atoms with Gasteiger partial charge in [0.05, 0.1) is 0 Å². The number of nitrogens with one attached hydrogen (secondary N) is 2. The van der Waals surface area contributed by atoms with Gasteiger partial charge in [-0.25, -0.2) is 0 Å². The summed E-state index contributed by atoms with van der Waals surface area (Å²) in [6.45, 7) is 4.31. The molecule has 0 amide bonds. The van der Waals surface area contributed by atoms with E-state index in [1.807, 2.05) is 0 Å².